The van der Waals surface area contributed by atoms with Gasteiger partial charge in [-0.15, -0.1) is 0 Å². The lowest BCUT2D eigenvalue weighted by atomic mass is 10.0. The van der Waals surface area contributed by atoms with E-state index < -0.39 is 6.03 Å². The number of aldehydes is 1. The number of amides is 3. The molecule has 1 atom stereocenters. The van der Waals surface area contributed by atoms with E-state index in [4.69, 9.17) is 14.2 Å². The Kier molecular flexibility index (Phi) is 7.25. The van der Waals surface area contributed by atoms with E-state index in [-0.39, 0.29) is 42.2 Å². The fraction of sp³-hybridized carbons (Fsp3) is 0.440. The second kappa shape index (κ2) is 10.9. The van der Waals surface area contributed by atoms with Crippen LogP contribution in [-0.4, -0.2) is 78.7 Å². The van der Waals surface area contributed by atoms with Gasteiger partial charge in [0.2, 0.25) is 5.91 Å². The van der Waals surface area contributed by atoms with Gasteiger partial charge in [-0.1, -0.05) is 0 Å². The van der Waals surface area contributed by atoms with Gasteiger partial charge in [0.1, 0.15) is 47.4 Å². The molecule has 0 spiro atoms. The van der Waals surface area contributed by atoms with E-state index in [1.807, 2.05) is 6.07 Å². The molecule has 5 rings (SSSR count). The van der Waals surface area contributed by atoms with Crippen LogP contribution in [0.1, 0.15) is 40.0 Å². The maximum absolute atomic E-state index is 13.2. The molecule has 12 heteroatoms. The summed E-state index contributed by atoms with van der Waals surface area (Å²) in [5.74, 6) is 0.811. The zero-order chi connectivity index (χ0) is 25.8. The lowest BCUT2D eigenvalue weighted by Crippen LogP contribution is -2.42. The Hall–Kier alpha value is -4.08. The van der Waals surface area contributed by atoms with Crippen molar-refractivity contribution in [3.8, 4) is 11.8 Å². The number of rotatable bonds is 6. The number of urea groups is 1. The first-order valence-electron chi connectivity index (χ1n) is 12.1. The highest BCUT2D eigenvalue weighted by Crippen LogP contribution is 2.29. The van der Waals surface area contributed by atoms with Crippen LogP contribution in [0.4, 0.5) is 16.4 Å². The normalized spacial score (nSPS) is 19.2. The molecule has 0 bridgehead atoms. The molecular weight excluding hydrogens is 480 g/mol. The van der Waals surface area contributed by atoms with Crippen molar-refractivity contribution in [2.45, 2.75) is 31.9 Å². The van der Waals surface area contributed by atoms with E-state index in [2.05, 4.69) is 21.4 Å². The first-order chi connectivity index (χ1) is 18.1. The third kappa shape index (κ3) is 5.37. The zero-order valence-electron chi connectivity index (χ0n) is 20.1. The van der Waals surface area contributed by atoms with E-state index in [9.17, 15) is 19.6 Å². The van der Waals surface area contributed by atoms with E-state index in [1.165, 1.54) is 17.2 Å². The summed E-state index contributed by atoms with van der Waals surface area (Å²) in [7, 11) is 0. The number of carbonyl (C=O) groups excluding carboxylic acids is 3. The highest BCUT2D eigenvalue weighted by atomic mass is 16.5. The topological polar surface area (TPSA) is 147 Å². The summed E-state index contributed by atoms with van der Waals surface area (Å²) in [6.07, 6.45) is 3.93. The minimum absolute atomic E-state index is 0.0211. The Morgan fingerprint density at radius 3 is 2.95 bits per heavy atom. The van der Waals surface area contributed by atoms with E-state index >= 15 is 0 Å². The van der Waals surface area contributed by atoms with E-state index in [0.29, 0.717) is 75.6 Å². The van der Waals surface area contributed by atoms with Crippen molar-refractivity contribution in [1.29, 1.82) is 5.26 Å². The smallest absolute Gasteiger partial charge is 0.328 e. The largest absolute Gasteiger partial charge is 0.486 e. The average Bonchev–Trinajstić information content (AvgIpc) is 3.42. The number of aryl methyl sites for hydroxylation is 1. The number of fused-ring (bicyclic) bond motifs is 1. The van der Waals surface area contributed by atoms with Crippen LogP contribution in [0.25, 0.3) is 0 Å². The monoisotopic (exact) mass is 506 g/mol. The number of hydrogen-bond acceptors (Lipinski definition) is 9. The van der Waals surface area contributed by atoms with Gasteiger partial charge in [0.15, 0.2) is 6.29 Å². The lowest BCUT2D eigenvalue weighted by Gasteiger charge is -2.30. The molecule has 3 amide bonds. The number of nitrogens with zero attached hydrogens (tertiary/aromatic N) is 5. The average molecular weight is 507 g/mol. The Balaban J connectivity index is 1.35. The fourth-order valence-electron chi connectivity index (χ4n) is 4.56. The Labute approximate surface area is 213 Å². The van der Waals surface area contributed by atoms with Crippen LogP contribution in [0.5, 0.6) is 5.75 Å². The van der Waals surface area contributed by atoms with Gasteiger partial charge in [0.25, 0.3) is 0 Å². The first-order valence-corrected chi connectivity index (χ1v) is 12.1. The van der Waals surface area contributed by atoms with Crippen LogP contribution in [0, 0.1) is 11.3 Å². The van der Waals surface area contributed by atoms with Gasteiger partial charge in [-0.2, -0.15) is 5.26 Å². The molecular formula is C25H26N6O6. The second-order valence-electron chi connectivity index (χ2n) is 8.97. The summed E-state index contributed by atoms with van der Waals surface area (Å²) < 4.78 is 16.4. The molecule has 2 aromatic rings. The summed E-state index contributed by atoms with van der Waals surface area (Å²) in [4.78, 5) is 49.1. The molecule has 3 aliphatic heterocycles. The van der Waals surface area contributed by atoms with E-state index in [0.717, 1.165) is 5.56 Å². The molecule has 37 heavy (non-hydrogen) atoms. The number of pyridine rings is 2. The summed E-state index contributed by atoms with van der Waals surface area (Å²) in [5, 5.41) is 12.2. The third-order valence-corrected chi connectivity index (χ3v) is 6.48. The molecule has 3 aliphatic rings. The van der Waals surface area contributed by atoms with Crippen molar-refractivity contribution in [2.24, 2.45) is 0 Å². The van der Waals surface area contributed by atoms with Crippen LogP contribution in [-0.2, 0) is 27.2 Å². The highest BCUT2D eigenvalue weighted by Gasteiger charge is 2.28. The molecule has 0 aliphatic carbocycles. The molecule has 0 saturated carbocycles. The number of carbonyl (C=O) groups is 3. The summed E-state index contributed by atoms with van der Waals surface area (Å²) >= 11 is 0. The number of hydrogen-bond donors (Lipinski definition) is 1. The molecule has 192 valence electrons. The van der Waals surface area contributed by atoms with Gasteiger partial charge < -0.3 is 19.1 Å². The number of nitrogens with one attached hydrogen (secondary N) is 1. The summed E-state index contributed by atoms with van der Waals surface area (Å²) in [6, 6.07) is 4.96. The fourth-order valence-corrected chi connectivity index (χ4v) is 4.56. The lowest BCUT2D eigenvalue weighted by molar-refractivity contribution is -0.143. The van der Waals surface area contributed by atoms with Crippen molar-refractivity contribution in [3.05, 3.63) is 40.7 Å². The predicted octanol–water partition coefficient (Wildman–Crippen LogP) is 1.67. The molecule has 2 fully saturated rings. The molecule has 2 aromatic heterocycles. The Morgan fingerprint density at radius 1 is 1.30 bits per heavy atom. The maximum atomic E-state index is 13.2. The third-order valence-electron chi connectivity index (χ3n) is 6.48. The SMILES string of the molecule is N#Cc1cnc(NC(=O)N2CCCc3cc(CN4CCOCC4=O)c(C=O)nc32)cc1OC1CCOC1. The molecule has 2 saturated heterocycles. The van der Waals surface area contributed by atoms with E-state index in [1.54, 1.807) is 4.90 Å². The molecule has 0 aromatic carbocycles. The Bertz CT molecular complexity index is 1250. The van der Waals surface area contributed by atoms with Crippen molar-refractivity contribution >= 4 is 29.9 Å². The van der Waals surface area contributed by atoms with Gasteiger partial charge in [-0.05, 0) is 24.5 Å². The quantitative estimate of drug-likeness (QED) is 0.578. The summed E-state index contributed by atoms with van der Waals surface area (Å²) in [6.45, 7) is 2.60. The number of aromatic nitrogens is 2. The van der Waals surface area contributed by atoms with Crippen LogP contribution >= 0.6 is 0 Å². The number of ether oxygens (including phenoxy) is 3. The van der Waals surface area contributed by atoms with Crippen LogP contribution in [0.3, 0.4) is 0 Å². The molecule has 1 unspecified atom stereocenters. The van der Waals surface area contributed by atoms with Crippen LogP contribution in [0.15, 0.2) is 18.3 Å². The van der Waals surface area contributed by atoms with Gasteiger partial charge in [0, 0.05) is 37.7 Å². The van der Waals surface area contributed by atoms with Crippen molar-refractivity contribution in [2.75, 3.05) is 49.7 Å². The minimum atomic E-state index is -0.464. The first kappa shape index (κ1) is 24.6. The minimum Gasteiger partial charge on any atom is -0.486 e. The maximum Gasteiger partial charge on any atom is 0.328 e. The standard InChI is InChI=1S/C25H26N6O6/c26-10-18-11-27-22(9-21(18)37-19-3-6-35-14-19)29-25(34)31-4-1-2-16-8-17(20(13-32)28-24(16)31)12-30-5-7-36-15-23(30)33/h8-9,11,13,19H,1-7,12,14-15H2,(H,27,29,34). The highest BCUT2D eigenvalue weighted by molar-refractivity contribution is 6.01. The second-order valence-corrected chi connectivity index (χ2v) is 8.97. The van der Waals surface area contributed by atoms with Gasteiger partial charge in [-0.3, -0.25) is 19.8 Å². The van der Waals surface area contributed by atoms with Crippen molar-refractivity contribution < 1.29 is 28.6 Å². The molecule has 12 nitrogen and oxygen atoms in total. The Morgan fingerprint density at radius 2 is 2.19 bits per heavy atom. The van der Waals surface area contributed by atoms with Gasteiger partial charge in [0.05, 0.1) is 26.0 Å². The predicted molar refractivity (Wildman–Crippen MR) is 129 cm³/mol. The van der Waals surface area contributed by atoms with Gasteiger partial charge in [-0.25, -0.2) is 14.8 Å². The molecule has 5 heterocycles. The molecule has 0 radical (unpaired) electrons. The van der Waals surface area contributed by atoms with Gasteiger partial charge >= 0.3 is 6.03 Å². The molecule has 1 N–H and O–H groups in total. The zero-order valence-corrected chi connectivity index (χ0v) is 20.1. The number of morpholine rings is 1. The van der Waals surface area contributed by atoms with Crippen molar-refractivity contribution in [1.82, 2.24) is 14.9 Å². The summed E-state index contributed by atoms with van der Waals surface area (Å²) in [5.41, 5.74) is 1.90. The van der Waals surface area contributed by atoms with Crippen molar-refractivity contribution in [3.63, 3.8) is 0 Å². The van der Waals surface area contributed by atoms with Crippen LogP contribution in [0.2, 0.25) is 0 Å². The van der Waals surface area contributed by atoms with Crippen LogP contribution < -0.4 is 15.0 Å². The number of anilines is 2. The number of nitriles is 1.